The Morgan fingerprint density at radius 1 is 1.26 bits per heavy atom. The van der Waals surface area contributed by atoms with Crippen LogP contribution < -0.4 is 10.6 Å². The molecule has 2 aromatic heterocycles. The molecule has 0 aliphatic carbocycles. The third-order valence-corrected chi connectivity index (χ3v) is 4.18. The fourth-order valence-corrected chi connectivity index (χ4v) is 2.94. The van der Waals surface area contributed by atoms with Gasteiger partial charge in [-0.15, -0.1) is 35.3 Å². The van der Waals surface area contributed by atoms with Gasteiger partial charge in [-0.2, -0.15) is 11.3 Å². The van der Waals surface area contributed by atoms with E-state index < -0.39 is 0 Å². The standard InChI is InChI=1S/C13H17N3S2.HI/c1-14-13(16-9-11-5-8-17-10-11)15-6-4-12-3-2-7-18-12;/h2-3,5,7-8,10H,4,6,9H2,1H3,(H2,14,15,16);1H. The summed E-state index contributed by atoms with van der Waals surface area (Å²) in [5, 5.41) is 13.0. The molecular formula is C13H18IN3S2. The second kappa shape index (κ2) is 9.33. The minimum atomic E-state index is 0. The molecule has 0 aliphatic heterocycles. The first-order chi connectivity index (χ1) is 8.88. The van der Waals surface area contributed by atoms with Crippen molar-refractivity contribution in [2.75, 3.05) is 13.6 Å². The molecule has 0 radical (unpaired) electrons. The molecule has 0 fully saturated rings. The fraction of sp³-hybridized carbons (Fsp3) is 0.308. The number of thiophene rings is 2. The summed E-state index contributed by atoms with van der Waals surface area (Å²) >= 11 is 3.51. The van der Waals surface area contributed by atoms with E-state index in [0.29, 0.717) is 0 Å². The van der Waals surface area contributed by atoms with Crippen LogP contribution in [-0.4, -0.2) is 19.6 Å². The molecule has 2 rings (SSSR count). The van der Waals surface area contributed by atoms with Crippen molar-refractivity contribution in [2.45, 2.75) is 13.0 Å². The van der Waals surface area contributed by atoms with E-state index in [2.05, 4.69) is 50.0 Å². The minimum Gasteiger partial charge on any atom is -0.356 e. The largest absolute Gasteiger partial charge is 0.356 e. The van der Waals surface area contributed by atoms with E-state index in [-0.39, 0.29) is 24.0 Å². The maximum absolute atomic E-state index is 4.21. The van der Waals surface area contributed by atoms with Crippen LogP contribution in [0.4, 0.5) is 0 Å². The highest BCUT2D eigenvalue weighted by Gasteiger charge is 1.99. The van der Waals surface area contributed by atoms with Gasteiger partial charge in [-0.3, -0.25) is 4.99 Å². The topological polar surface area (TPSA) is 36.4 Å². The zero-order chi connectivity index (χ0) is 12.6. The van der Waals surface area contributed by atoms with Crippen molar-refractivity contribution in [1.29, 1.82) is 0 Å². The average Bonchev–Trinajstić information content (AvgIpc) is 3.06. The normalized spacial score (nSPS) is 10.9. The molecule has 0 aliphatic rings. The van der Waals surface area contributed by atoms with Crippen LogP contribution in [-0.2, 0) is 13.0 Å². The Hall–Kier alpha value is -0.600. The highest BCUT2D eigenvalue weighted by atomic mass is 127. The van der Waals surface area contributed by atoms with Crippen molar-refractivity contribution in [3.63, 3.8) is 0 Å². The van der Waals surface area contributed by atoms with E-state index in [1.807, 2.05) is 0 Å². The van der Waals surface area contributed by atoms with E-state index >= 15 is 0 Å². The molecule has 0 amide bonds. The first-order valence-electron chi connectivity index (χ1n) is 5.86. The first-order valence-corrected chi connectivity index (χ1v) is 7.68. The molecule has 0 spiro atoms. The molecule has 2 heterocycles. The molecule has 19 heavy (non-hydrogen) atoms. The second-order valence-electron chi connectivity index (χ2n) is 3.81. The van der Waals surface area contributed by atoms with Gasteiger partial charge in [0.2, 0.25) is 0 Å². The number of guanidine groups is 1. The molecule has 0 aromatic carbocycles. The molecule has 0 unspecified atom stereocenters. The Bertz CT molecular complexity index is 466. The molecule has 2 aromatic rings. The Morgan fingerprint density at radius 3 is 2.79 bits per heavy atom. The summed E-state index contributed by atoms with van der Waals surface area (Å²) in [5.74, 6) is 0.859. The summed E-state index contributed by atoms with van der Waals surface area (Å²) in [6, 6.07) is 6.37. The predicted molar refractivity (Wildman–Crippen MR) is 96.0 cm³/mol. The zero-order valence-corrected chi connectivity index (χ0v) is 14.7. The number of aliphatic imine (C=N–C) groups is 1. The molecule has 0 bridgehead atoms. The van der Waals surface area contributed by atoms with Gasteiger partial charge < -0.3 is 10.6 Å². The van der Waals surface area contributed by atoms with Crippen molar-refractivity contribution in [1.82, 2.24) is 10.6 Å². The van der Waals surface area contributed by atoms with Crippen molar-refractivity contribution in [2.24, 2.45) is 4.99 Å². The monoisotopic (exact) mass is 407 g/mol. The summed E-state index contributed by atoms with van der Waals surface area (Å²) in [6.07, 6.45) is 1.04. The van der Waals surface area contributed by atoms with Crippen LogP contribution in [0.25, 0.3) is 0 Å². The molecule has 104 valence electrons. The quantitative estimate of drug-likeness (QED) is 0.453. The predicted octanol–water partition coefficient (Wildman–Crippen LogP) is 3.34. The Balaban J connectivity index is 0.00000180. The second-order valence-corrected chi connectivity index (χ2v) is 5.63. The fourth-order valence-electron chi connectivity index (χ4n) is 1.56. The van der Waals surface area contributed by atoms with Gasteiger partial charge in [0.15, 0.2) is 5.96 Å². The molecule has 6 heteroatoms. The summed E-state index contributed by atoms with van der Waals surface area (Å²) in [6.45, 7) is 1.73. The Kier molecular flexibility index (Phi) is 8.08. The Morgan fingerprint density at radius 2 is 2.16 bits per heavy atom. The van der Waals surface area contributed by atoms with Crippen LogP contribution in [0.3, 0.4) is 0 Å². The summed E-state index contributed by atoms with van der Waals surface area (Å²) in [5.41, 5.74) is 1.29. The van der Waals surface area contributed by atoms with Crippen molar-refractivity contribution < 1.29 is 0 Å². The van der Waals surface area contributed by atoms with E-state index in [1.165, 1.54) is 10.4 Å². The number of hydrogen-bond acceptors (Lipinski definition) is 3. The van der Waals surface area contributed by atoms with E-state index in [4.69, 9.17) is 0 Å². The first kappa shape index (κ1) is 16.5. The highest BCUT2D eigenvalue weighted by Crippen LogP contribution is 2.08. The lowest BCUT2D eigenvalue weighted by Crippen LogP contribution is -2.37. The minimum absolute atomic E-state index is 0. The van der Waals surface area contributed by atoms with Crippen molar-refractivity contribution in [3.05, 3.63) is 44.8 Å². The van der Waals surface area contributed by atoms with Crippen molar-refractivity contribution in [3.8, 4) is 0 Å². The van der Waals surface area contributed by atoms with Crippen molar-refractivity contribution >= 4 is 52.6 Å². The van der Waals surface area contributed by atoms with E-state index in [0.717, 1.165) is 25.5 Å². The molecule has 3 nitrogen and oxygen atoms in total. The van der Waals surface area contributed by atoms with E-state index in [1.54, 1.807) is 29.7 Å². The van der Waals surface area contributed by atoms with E-state index in [9.17, 15) is 0 Å². The lowest BCUT2D eigenvalue weighted by molar-refractivity contribution is 0.800. The smallest absolute Gasteiger partial charge is 0.191 e. The van der Waals surface area contributed by atoms with Crippen LogP contribution in [0.1, 0.15) is 10.4 Å². The van der Waals surface area contributed by atoms with Crippen LogP contribution in [0, 0.1) is 0 Å². The van der Waals surface area contributed by atoms with Gasteiger partial charge in [-0.05, 0) is 40.3 Å². The number of halogens is 1. The molecule has 0 atom stereocenters. The van der Waals surface area contributed by atoms with Crippen LogP contribution in [0.5, 0.6) is 0 Å². The third kappa shape index (κ3) is 5.92. The van der Waals surface area contributed by atoms with Gasteiger partial charge in [0.25, 0.3) is 0 Å². The third-order valence-electron chi connectivity index (χ3n) is 2.51. The number of nitrogens with one attached hydrogen (secondary N) is 2. The maximum atomic E-state index is 4.21. The molecular weight excluding hydrogens is 389 g/mol. The van der Waals surface area contributed by atoms with Gasteiger partial charge in [0.1, 0.15) is 0 Å². The SMILES string of the molecule is CN=C(NCCc1cccs1)NCc1ccsc1.I. The summed E-state index contributed by atoms with van der Waals surface area (Å²) < 4.78 is 0. The van der Waals surface area contributed by atoms with Gasteiger partial charge in [-0.1, -0.05) is 6.07 Å². The molecule has 0 saturated heterocycles. The lowest BCUT2D eigenvalue weighted by atomic mass is 10.3. The molecule has 2 N–H and O–H groups in total. The van der Waals surface area contributed by atoms with Gasteiger partial charge in [0.05, 0.1) is 0 Å². The number of hydrogen-bond donors (Lipinski definition) is 2. The number of rotatable bonds is 5. The van der Waals surface area contributed by atoms with Gasteiger partial charge >= 0.3 is 0 Å². The summed E-state index contributed by atoms with van der Waals surface area (Å²) in [7, 11) is 1.80. The van der Waals surface area contributed by atoms with Crippen LogP contribution >= 0.6 is 46.7 Å². The molecule has 0 saturated carbocycles. The van der Waals surface area contributed by atoms with Crippen LogP contribution in [0.15, 0.2) is 39.3 Å². The maximum Gasteiger partial charge on any atom is 0.191 e. The zero-order valence-electron chi connectivity index (χ0n) is 10.8. The number of nitrogens with zero attached hydrogens (tertiary/aromatic N) is 1. The van der Waals surface area contributed by atoms with Gasteiger partial charge in [-0.25, -0.2) is 0 Å². The average molecular weight is 407 g/mol. The Labute approximate surface area is 139 Å². The highest BCUT2D eigenvalue weighted by molar-refractivity contribution is 14.0. The van der Waals surface area contributed by atoms with Gasteiger partial charge in [0, 0.05) is 25.0 Å². The summed E-state index contributed by atoms with van der Waals surface area (Å²) in [4.78, 5) is 5.61. The lowest BCUT2D eigenvalue weighted by Gasteiger charge is -2.10. The van der Waals surface area contributed by atoms with Crippen LogP contribution in [0.2, 0.25) is 0 Å².